The molecule has 3 aromatic rings. The molecular formula is C15H10FN5. The molecule has 0 radical (unpaired) electrons. The number of nitrogen functional groups attached to an aromatic ring is 1. The van der Waals surface area contributed by atoms with E-state index in [2.05, 4.69) is 10.1 Å². The highest BCUT2D eigenvalue weighted by molar-refractivity contribution is 5.58. The third-order valence-electron chi connectivity index (χ3n) is 2.98. The fraction of sp³-hybridized carbons (Fsp3) is 0. The lowest BCUT2D eigenvalue weighted by atomic mass is 10.2. The van der Waals surface area contributed by atoms with E-state index in [1.165, 1.54) is 29.2 Å². The first-order valence-electron chi connectivity index (χ1n) is 6.15. The molecule has 21 heavy (non-hydrogen) atoms. The zero-order valence-corrected chi connectivity index (χ0v) is 10.9. The minimum Gasteiger partial charge on any atom is -0.399 e. The molecule has 102 valence electrons. The van der Waals surface area contributed by atoms with Gasteiger partial charge in [-0.2, -0.15) is 5.26 Å². The Morgan fingerprint density at radius 3 is 2.57 bits per heavy atom. The van der Waals surface area contributed by atoms with Gasteiger partial charge in [0.25, 0.3) is 0 Å². The third kappa shape index (κ3) is 2.44. The Bertz CT molecular complexity index is 830. The molecule has 1 aromatic heterocycles. The molecule has 5 nitrogen and oxygen atoms in total. The Balaban J connectivity index is 1.99. The van der Waals surface area contributed by atoms with E-state index in [1.807, 2.05) is 6.07 Å². The molecule has 6 heteroatoms. The van der Waals surface area contributed by atoms with Crippen molar-refractivity contribution in [1.82, 2.24) is 14.8 Å². The molecule has 0 unspecified atom stereocenters. The van der Waals surface area contributed by atoms with E-state index in [1.54, 1.807) is 24.3 Å². The number of hydrogen-bond acceptors (Lipinski definition) is 4. The quantitative estimate of drug-likeness (QED) is 0.731. The lowest BCUT2D eigenvalue weighted by Gasteiger charge is -2.02. The maximum Gasteiger partial charge on any atom is 0.181 e. The number of nitrogens with zero attached hydrogens (tertiary/aromatic N) is 4. The first-order valence-corrected chi connectivity index (χ1v) is 6.15. The van der Waals surface area contributed by atoms with Crippen molar-refractivity contribution in [2.24, 2.45) is 0 Å². The van der Waals surface area contributed by atoms with Gasteiger partial charge in [0, 0.05) is 11.3 Å². The summed E-state index contributed by atoms with van der Waals surface area (Å²) in [6.07, 6.45) is 1.43. The highest BCUT2D eigenvalue weighted by atomic mass is 19.1. The van der Waals surface area contributed by atoms with E-state index < -0.39 is 5.82 Å². The molecule has 2 N–H and O–H groups in total. The molecule has 2 aromatic carbocycles. The SMILES string of the molecule is N#Cc1ccc(-n2cnc(-c3ccc(N)cc3)n2)c(F)c1. The number of anilines is 1. The maximum absolute atomic E-state index is 13.9. The standard InChI is InChI=1S/C15H10FN5/c16-13-7-10(8-17)1-6-14(13)21-9-19-15(20-21)11-2-4-12(18)5-3-11/h1-7,9H,18H2. The van der Waals surface area contributed by atoms with Gasteiger partial charge in [0.05, 0.1) is 11.6 Å². The number of aromatic nitrogens is 3. The second-order valence-electron chi connectivity index (χ2n) is 4.41. The average molecular weight is 279 g/mol. The van der Waals surface area contributed by atoms with Crippen molar-refractivity contribution in [2.75, 3.05) is 5.73 Å². The predicted octanol–water partition coefficient (Wildman–Crippen LogP) is 2.53. The van der Waals surface area contributed by atoms with Crippen LogP contribution in [0.5, 0.6) is 0 Å². The van der Waals surface area contributed by atoms with Crippen LogP contribution in [0.15, 0.2) is 48.8 Å². The Morgan fingerprint density at radius 2 is 1.90 bits per heavy atom. The molecule has 0 saturated heterocycles. The average Bonchev–Trinajstić information content (AvgIpc) is 2.97. The van der Waals surface area contributed by atoms with E-state index in [9.17, 15) is 4.39 Å². The molecule has 3 rings (SSSR count). The van der Waals surface area contributed by atoms with E-state index in [-0.39, 0.29) is 11.3 Å². The van der Waals surface area contributed by atoms with Gasteiger partial charge in [-0.15, -0.1) is 5.10 Å². The Kier molecular flexibility index (Phi) is 3.09. The molecule has 0 aliphatic heterocycles. The summed E-state index contributed by atoms with van der Waals surface area (Å²) in [7, 11) is 0. The molecule has 0 amide bonds. The number of halogens is 1. The minimum absolute atomic E-state index is 0.239. The molecule has 0 bridgehead atoms. The summed E-state index contributed by atoms with van der Waals surface area (Å²) in [5.74, 6) is -0.0541. The Hall–Kier alpha value is -3.20. The van der Waals surface area contributed by atoms with Crippen LogP contribution >= 0.6 is 0 Å². The molecule has 0 saturated carbocycles. The summed E-state index contributed by atoms with van der Waals surface area (Å²) < 4.78 is 15.3. The summed E-state index contributed by atoms with van der Waals surface area (Å²) in [6, 6.07) is 13.2. The van der Waals surface area contributed by atoms with Crippen molar-refractivity contribution in [3.05, 3.63) is 60.2 Å². The van der Waals surface area contributed by atoms with Crippen molar-refractivity contribution < 1.29 is 4.39 Å². The minimum atomic E-state index is -0.525. The second kappa shape index (κ2) is 5.06. The normalized spacial score (nSPS) is 10.3. The van der Waals surface area contributed by atoms with Gasteiger partial charge < -0.3 is 5.73 Å². The molecule has 0 spiro atoms. The van der Waals surface area contributed by atoms with Crippen molar-refractivity contribution >= 4 is 5.69 Å². The van der Waals surface area contributed by atoms with Gasteiger partial charge in [-0.1, -0.05) is 0 Å². The number of nitrogens with two attached hydrogens (primary N) is 1. The molecule has 1 heterocycles. The lowest BCUT2D eigenvalue weighted by Crippen LogP contribution is -1.99. The van der Waals surface area contributed by atoms with Crippen LogP contribution in [0.1, 0.15) is 5.56 Å². The van der Waals surface area contributed by atoms with Gasteiger partial charge in [0.15, 0.2) is 5.82 Å². The van der Waals surface area contributed by atoms with Gasteiger partial charge in [-0.25, -0.2) is 14.1 Å². The fourth-order valence-corrected chi connectivity index (χ4v) is 1.91. The molecule has 0 aliphatic rings. The van der Waals surface area contributed by atoms with Gasteiger partial charge in [0.1, 0.15) is 17.8 Å². The molecule has 0 fully saturated rings. The second-order valence-corrected chi connectivity index (χ2v) is 4.41. The van der Waals surface area contributed by atoms with Gasteiger partial charge in [-0.05, 0) is 42.5 Å². The van der Waals surface area contributed by atoms with Crippen LogP contribution in [0, 0.1) is 17.1 Å². The highest BCUT2D eigenvalue weighted by Crippen LogP contribution is 2.19. The highest BCUT2D eigenvalue weighted by Gasteiger charge is 2.09. The van der Waals surface area contributed by atoms with Gasteiger partial charge in [-0.3, -0.25) is 0 Å². The van der Waals surface area contributed by atoms with Crippen molar-refractivity contribution in [2.45, 2.75) is 0 Å². The van der Waals surface area contributed by atoms with Crippen LogP contribution in [0.4, 0.5) is 10.1 Å². The molecular weight excluding hydrogens is 269 g/mol. The zero-order valence-electron chi connectivity index (χ0n) is 10.9. The summed E-state index contributed by atoms with van der Waals surface area (Å²) in [5, 5.41) is 13.0. The largest absolute Gasteiger partial charge is 0.399 e. The van der Waals surface area contributed by atoms with E-state index in [4.69, 9.17) is 11.0 Å². The van der Waals surface area contributed by atoms with Gasteiger partial charge in [0.2, 0.25) is 0 Å². The van der Waals surface area contributed by atoms with Crippen molar-refractivity contribution in [3.63, 3.8) is 0 Å². The number of rotatable bonds is 2. The van der Waals surface area contributed by atoms with Crippen LogP contribution in [-0.2, 0) is 0 Å². The zero-order chi connectivity index (χ0) is 14.8. The first-order chi connectivity index (χ1) is 10.2. The maximum atomic E-state index is 13.9. The van der Waals surface area contributed by atoms with Crippen molar-refractivity contribution in [1.29, 1.82) is 5.26 Å². The number of nitriles is 1. The Labute approximate surface area is 120 Å². The van der Waals surface area contributed by atoms with E-state index >= 15 is 0 Å². The summed E-state index contributed by atoms with van der Waals surface area (Å²) in [6.45, 7) is 0. The first kappa shape index (κ1) is 12.8. The predicted molar refractivity (Wildman–Crippen MR) is 75.9 cm³/mol. The third-order valence-corrected chi connectivity index (χ3v) is 2.98. The smallest absolute Gasteiger partial charge is 0.181 e. The van der Waals surface area contributed by atoms with E-state index in [0.29, 0.717) is 11.5 Å². The van der Waals surface area contributed by atoms with Crippen LogP contribution in [0.2, 0.25) is 0 Å². The summed E-state index contributed by atoms with van der Waals surface area (Å²) >= 11 is 0. The topological polar surface area (TPSA) is 80.5 Å². The monoisotopic (exact) mass is 279 g/mol. The van der Waals surface area contributed by atoms with Crippen LogP contribution < -0.4 is 5.73 Å². The molecule has 0 atom stereocenters. The Morgan fingerprint density at radius 1 is 1.14 bits per heavy atom. The summed E-state index contributed by atoms with van der Waals surface area (Å²) in [5.41, 5.74) is 7.56. The summed E-state index contributed by atoms with van der Waals surface area (Å²) in [4.78, 5) is 4.16. The van der Waals surface area contributed by atoms with Crippen molar-refractivity contribution in [3.8, 4) is 23.1 Å². The van der Waals surface area contributed by atoms with Crippen LogP contribution in [-0.4, -0.2) is 14.8 Å². The fourth-order valence-electron chi connectivity index (χ4n) is 1.91. The molecule has 0 aliphatic carbocycles. The van der Waals surface area contributed by atoms with Gasteiger partial charge >= 0.3 is 0 Å². The lowest BCUT2D eigenvalue weighted by molar-refractivity contribution is 0.610. The van der Waals surface area contributed by atoms with E-state index in [0.717, 1.165) is 5.56 Å². The number of hydrogen-bond donors (Lipinski definition) is 1. The van der Waals surface area contributed by atoms with Crippen LogP contribution in [0.3, 0.4) is 0 Å². The number of benzene rings is 2. The van der Waals surface area contributed by atoms with Crippen LogP contribution in [0.25, 0.3) is 17.1 Å².